The van der Waals surface area contributed by atoms with Gasteiger partial charge in [0.1, 0.15) is 0 Å². The molecule has 2 aromatic carbocycles. The summed E-state index contributed by atoms with van der Waals surface area (Å²) in [5.41, 5.74) is 0.537. The van der Waals surface area contributed by atoms with Crippen molar-refractivity contribution in [3.63, 3.8) is 0 Å². The van der Waals surface area contributed by atoms with E-state index in [0.29, 0.717) is 17.5 Å². The highest BCUT2D eigenvalue weighted by Gasteiger charge is 2.29. The number of urea groups is 1. The molecular weight excluding hydrogens is 352 g/mol. The van der Waals surface area contributed by atoms with Crippen molar-refractivity contribution < 1.29 is 27.1 Å². The number of methoxy groups -OCH3 is 1. The number of amides is 2. The average Bonchev–Trinajstić information content (AvgIpc) is 2.60. The zero-order chi connectivity index (χ0) is 19.2. The molecule has 0 saturated carbocycles. The highest BCUT2D eigenvalue weighted by Crippen LogP contribution is 2.29. The molecule has 0 aliphatic rings. The molecule has 0 unspecified atom stereocenters. The van der Waals surface area contributed by atoms with Crippen molar-refractivity contribution in [2.24, 2.45) is 0 Å². The predicted octanol–water partition coefficient (Wildman–Crippen LogP) is 3.90. The third kappa shape index (κ3) is 5.65. The largest absolute Gasteiger partial charge is 0.494 e. The number of carbonyl (C=O) groups is 1. The van der Waals surface area contributed by atoms with Gasteiger partial charge in [0.05, 0.1) is 12.7 Å². The molecule has 0 aromatic heterocycles. The maximum atomic E-state index is 13.5. The summed E-state index contributed by atoms with van der Waals surface area (Å²) in [7, 11) is 1.36. The predicted molar refractivity (Wildman–Crippen MR) is 88.3 cm³/mol. The second kappa shape index (κ2) is 8.55. The number of hydrogen-bond donors (Lipinski definition) is 2. The smallest absolute Gasteiger partial charge is 0.416 e. The van der Waals surface area contributed by atoms with Crippen LogP contribution in [0.2, 0.25) is 0 Å². The SMILES string of the molecule is COc1ccc(CNC(=O)NCCc2ccc(C(F)(F)F)cc2)cc1F. The molecule has 26 heavy (non-hydrogen) atoms. The summed E-state index contributed by atoms with van der Waals surface area (Å²) in [5, 5.41) is 5.17. The third-order valence-corrected chi connectivity index (χ3v) is 3.65. The first-order valence-electron chi connectivity index (χ1n) is 7.80. The van der Waals surface area contributed by atoms with E-state index in [1.54, 1.807) is 6.07 Å². The molecule has 2 aromatic rings. The van der Waals surface area contributed by atoms with Crippen LogP contribution in [0.5, 0.6) is 5.75 Å². The van der Waals surface area contributed by atoms with E-state index in [1.807, 2.05) is 0 Å². The van der Waals surface area contributed by atoms with Gasteiger partial charge in [-0.15, -0.1) is 0 Å². The number of ether oxygens (including phenoxy) is 1. The first-order valence-corrected chi connectivity index (χ1v) is 7.80. The van der Waals surface area contributed by atoms with Crippen molar-refractivity contribution in [2.75, 3.05) is 13.7 Å². The lowest BCUT2D eigenvalue weighted by Gasteiger charge is -2.10. The Morgan fingerprint density at radius 2 is 1.69 bits per heavy atom. The Morgan fingerprint density at radius 1 is 1.04 bits per heavy atom. The van der Waals surface area contributed by atoms with Gasteiger partial charge in [0.2, 0.25) is 0 Å². The van der Waals surface area contributed by atoms with E-state index in [1.165, 1.54) is 31.4 Å². The van der Waals surface area contributed by atoms with E-state index >= 15 is 0 Å². The van der Waals surface area contributed by atoms with Gasteiger partial charge in [-0.25, -0.2) is 9.18 Å². The normalized spacial score (nSPS) is 11.1. The molecule has 140 valence electrons. The van der Waals surface area contributed by atoms with Gasteiger partial charge in [0.15, 0.2) is 11.6 Å². The minimum absolute atomic E-state index is 0.120. The fourth-order valence-electron chi connectivity index (χ4n) is 2.25. The fourth-order valence-corrected chi connectivity index (χ4v) is 2.25. The van der Waals surface area contributed by atoms with Crippen LogP contribution in [0, 0.1) is 5.82 Å². The molecule has 0 saturated heterocycles. The number of carbonyl (C=O) groups excluding carboxylic acids is 1. The van der Waals surface area contributed by atoms with Gasteiger partial charge in [0.25, 0.3) is 0 Å². The van der Waals surface area contributed by atoms with E-state index < -0.39 is 23.6 Å². The number of rotatable bonds is 6. The van der Waals surface area contributed by atoms with Crippen LogP contribution in [-0.2, 0) is 19.1 Å². The molecule has 0 heterocycles. The maximum absolute atomic E-state index is 13.5. The molecule has 0 aliphatic heterocycles. The van der Waals surface area contributed by atoms with Crippen LogP contribution in [-0.4, -0.2) is 19.7 Å². The molecule has 4 nitrogen and oxygen atoms in total. The van der Waals surface area contributed by atoms with Gasteiger partial charge in [-0.3, -0.25) is 0 Å². The number of nitrogens with one attached hydrogen (secondary N) is 2. The van der Waals surface area contributed by atoms with Crippen LogP contribution in [0.25, 0.3) is 0 Å². The van der Waals surface area contributed by atoms with Crippen molar-refractivity contribution in [3.8, 4) is 5.75 Å². The van der Waals surface area contributed by atoms with E-state index in [4.69, 9.17) is 4.74 Å². The molecule has 8 heteroatoms. The monoisotopic (exact) mass is 370 g/mol. The third-order valence-electron chi connectivity index (χ3n) is 3.65. The molecule has 0 radical (unpaired) electrons. The van der Waals surface area contributed by atoms with Crippen molar-refractivity contribution in [2.45, 2.75) is 19.1 Å². The lowest BCUT2D eigenvalue weighted by Crippen LogP contribution is -2.36. The van der Waals surface area contributed by atoms with Gasteiger partial charge in [0, 0.05) is 13.1 Å². The highest BCUT2D eigenvalue weighted by molar-refractivity contribution is 5.73. The van der Waals surface area contributed by atoms with Crippen molar-refractivity contribution >= 4 is 6.03 Å². The Hall–Kier alpha value is -2.77. The van der Waals surface area contributed by atoms with Crippen LogP contribution in [0.15, 0.2) is 42.5 Å². The van der Waals surface area contributed by atoms with Crippen molar-refractivity contribution in [1.29, 1.82) is 0 Å². The molecule has 0 aliphatic carbocycles. The van der Waals surface area contributed by atoms with E-state index in [0.717, 1.165) is 12.1 Å². The summed E-state index contributed by atoms with van der Waals surface area (Å²) in [4.78, 5) is 11.7. The number of alkyl halides is 3. The number of halogens is 4. The molecule has 2 N–H and O–H groups in total. The standard InChI is InChI=1S/C18H18F4N2O2/c1-26-16-7-4-13(10-15(16)19)11-24-17(25)23-9-8-12-2-5-14(6-3-12)18(20,21)22/h2-7,10H,8-9,11H2,1H3,(H2,23,24,25). The summed E-state index contributed by atoms with van der Waals surface area (Å²) in [6.45, 7) is 0.390. The van der Waals surface area contributed by atoms with Crippen molar-refractivity contribution in [1.82, 2.24) is 10.6 Å². The molecule has 0 atom stereocenters. The Morgan fingerprint density at radius 3 is 2.27 bits per heavy atom. The Labute approximate surface area is 148 Å². The first kappa shape index (κ1) is 19.6. The second-order valence-electron chi connectivity index (χ2n) is 5.52. The van der Waals surface area contributed by atoms with Crippen LogP contribution in [0.1, 0.15) is 16.7 Å². The van der Waals surface area contributed by atoms with Crippen LogP contribution >= 0.6 is 0 Å². The second-order valence-corrected chi connectivity index (χ2v) is 5.52. The summed E-state index contributed by atoms with van der Waals surface area (Å²) in [6, 6.07) is 8.68. The van der Waals surface area contributed by atoms with Crippen molar-refractivity contribution in [3.05, 3.63) is 65.0 Å². The van der Waals surface area contributed by atoms with Gasteiger partial charge < -0.3 is 15.4 Å². The molecular formula is C18H18F4N2O2. The summed E-state index contributed by atoms with van der Waals surface area (Å²) < 4.78 is 55.8. The zero-order valence-electron chi connectivity index (χ0n) is 14.0. The van der Waals surface area contributed by atoms with Crippen LogP contribution in [0.3, 0.4) is 0 Å². The summed E-state index contributed by atoms with van der Waals surface area (Å²) in [5.74, 6) is -0.399. The zero-order valence-corrected chi connectivity index (χ0v) is 14.0. The molecule has 2 amide bonds. The molecule has 0 fully saturated rings. The highest BCUT2D eigenvalue weighted by atomic mass is 19.4. The lowest BCUT2D eigenvalue weighted by molar-refractivity contribution is -0.137. The van der Waals surface area contributed by atoms with Gasteiger partial charge in [-0.1, -0.05) is 18.2 Å². The Balaban J connectivity index is 1.74. The van der Waals surface area contributed by atoms with E-state index in [-0.39, 0.29) is 18.8 Å². The average molecular weight is 370 g/mol. The minimum Gasteiger partial charge on any atom is -0.494 e. The van der Waals surface area contributed by atoms with Crippen LogP contribution < -0.4 is 15.4 Å². The van der Waals surface area contributed by atoms with E-state index in [2.05, 4.69) is 10.6 Å². The number of hydrogen-bond acceptors (Lipinski definition) is 2. The Bertz CT molecular complexity index is 746. The van der Waals surface area contributed by atoms with Gasteiger partial charge >= 0.3 is 12.2 Å². The summed E-state index contributed by atoms with van der Waals surface area (Å²) >= 11 is 0. The summed E-state index contributed by atoms with van der Waals surface area (Å²) in [6.07, 6.45) is -3.97. The topological polar surface area (TPSA) is 50.4 Å². The molecule has 0 spiro atoms. The minimum atomic E-state index is -4.36. The van der Waals surface area contributed by atoms with Gasteiger partial charge in [-0.05, 0) is 41.8 Å². The fraction of sp³-hybridized carbons (Fsp3) is 0.278. The Kier molecular flexibility index (Phi) is 6.43. The first-order chi connectivity index (χ1) is 12.3. The molecule has 0 bridgehead atoms. The molecule has 2 rings (SSSR count). The van der Waals surface area contributed by atoms with Gasteiger partial charge in [-0.2, -0.15) is 13.2 Å². The number of benzene rings is 2. The van der Waals surface area contributed by atoms with E-state index in [9.17, 15) is 22.4 Å². The van der Waals surface area contributed by atoms with Crippen LogP contribution in [0.4, 0.5) is 22.4 Å². The maximum Gasteiger partial charge on any atom is 0.416 e. The quantitative estimate of drug-likeness (QED) is 0.758. The lowest BCUT2D eigenvalue weighted by atomic mass is 10.1.